The molecule has 0 aliphatic rings. The van der Waals surface area contributed by atoms with E-state index in [-0.39, 0.29) is 0 Å². The molecule has 0 unspecified atom stereocenters. The molecular weight excluding hydrogens is 176 g/mol. The minimum absolute atomic E-state index is 0.322. The molecule has 0 heterocycles. The molecule has 0 aliphatic heterocycles. The van der Waals surface area contributed by atoms with Crippen LogP contribution in [0.4, 0.5) is 0 Å². The quantitative estimate of drug-likeness (QED) is 0.537. The number of phenols is 1. The number of hydrogen-bond donors (Lipinski definition) is 1. The van der Waals surface area contributed by atoms with E-state index in [0.717, 1.165) is 6.08 Å². The first-order chi connectivity index (χ1) is 5.66. The Kier molecular flexibility index (Phi) is 5.75. The second-order valence-electron chi connectivity index (χ2n) is 1.84. The molecule has 3 heteroatoms. The normalized spacial score (nSPS) is 7.75. The minimum Gasteiger partial charge on any atom is -0.508 e. The smallest absolute Gasteiger partial charge is 0.244 e. The Morgan fingerprint density at radius 3 is 2.00 bits per heavy atom. The van der Waals surface area contributed by atoms with Crippen molar-refractivity contribution in [1.82, 2.24) is 0 Å². The third-order valence-corrected chi connectivity index (χ3v) is 1.07. The van der Waals surface area contributed by atoms with Crippen molar-refractivity contribution in [3.63, 3.8) is 0 Å². The molecule has 0 saturated heterocycles. The van der Waals surface area contributed by atoms with Gasteiger partial charge in [-0.15, -0.1) is 0 Å². The highest BCUT2D eigenvalue weighted by molar-refractivity contribution is 6.66. The summed E-state index contributed by atoms with van der Waals surface area (Å²) in [4.78, 5) is 9.46. The number of hydrogen-bond acceptors (Lipinski definition) is 2. The largest absolute Gasteiger partial charge is 0.508 e. The number of para-hydroxylation sites is 1. The van der Waals surface area contributed by atoms with Gasteiger partial charge in [-0.1, -0.05) is 24.8 Å². The molecule has 2 nitrogen and oxygen atoms in total. The maximum absolute atomic E-state index is 9.46. The molecule has 64 valence electrons. The van der Waals surface area contributed by atoms with Gasteiger partial charge < -0.3 is 5.11 Å². The van der Waals surface area contributed by atoms with Crippen LogP contribution in [0.2, 0.25) is 0 Å². The van der Waals surface area contributed by atoms with Gasteiger partial charge in [-0.3, -0.25) is 4.79 Å². The minimum atomic E-state index is -0.509. The molecule has 0 amide bonds. The molecule has 0 bridgehead atoms. The number of rotatable bonds is 1. The van der Waals surface area contributed by atoms with Gasteiger partial charge >= 0.3 is 0 Å². The van der Waals surface area contributed by atoms with E-state index in [2.05, 4.69) is 6.58 Å². The molecule has 1 aromatic carbocycles. The molecule has 0 fully saturated rings. The summed E-state index contributed by atoms with van der Waals surface area (Å²) < 4.78 is 0. The summed E-state index contributed by atoms with van der Waals surface area (Å²) in [5.74, 6) is 0.322. The van der Waals surface area contributed by atoms with E-state index in [0.29, 0.717) is 5.75 Å². The molecule has 1 aromatic rings. The second kappa shape index (κ2) is 6.43. The zero-order chi connectivity index (χ0) is 9.40. The average Bonchev–Trinajstić information content (AvgIpc) is 2.07. The van der Waals surface area contributed by atoms with Gasteiger partial charge in [0.1, 0.15) is 5.75 Å². The Morgan fingerprint density at radius 1 is 1.42 bits per heavy atom. The number of benzene rings is 1. The zero-order valence-corrected chi connectivity index (χ0v) is 7.16. The van der Waals surface area contributed by atoms with Crippen LogP contribution in [-0.4, -0.2) is 10.3 Å². The molecule has 0 aliphatic carbocycles. The fraction of sp³-hybridized carbons (Fsp3) is 0. The number of halogens is 1. The number of carbonyl (C=O) groups is 1. The summed E-state index contributed by atoms with van der Waals surface area (Å²) in [6.45, 7) is 3.08. The van der Waals surface area contributed by atoms with E-state index in [9.17, 15) is 4.79 Å². The third-order valence-electron chi connectivity index (χ3n) is 0.917. The topological polar surface area (TPSA) is 37.3 Å². The summed E-state index contributed by atoms with van der Waals surface area (Å²) >= 11 is 4.71. The first kappa shape index (κ1) is 10.7. The summed E-state index contributed by atoms with van der Waals surface area (Å²) in [7, 11) is 0. The lowest BCUT2D eigenvalue weighted by molar-refractivity contribution is -0.107. The van der Waals surface area contributed by atoms with E-state index in [4.69, 9.17) is 16.7 Å². The van der Waals surface area contributed by atoms with Crippen LogP contribution in [0.3, 0.4) is 0 Å². The maximum atomic E-state index is 9.46. The predicted molar refractivity (Wildman–Crippen MR) is 49.2 cm³/mol. The first-order valence-electron chi connectivity index (χ1n) is 3.22. The Labute approximate surface area is 76.1 Å². The first-order valence-corrected chi connectivity index (χ1v) is 3.60. The summed E-state index contributed by atoms with van der Waals surface area (Å²) in [5, 5.41) is 8.12. The van der Waals surface area contributed by atoms with Crippen molar-refractivity contribution in [1.29, 1.82) is 0 Å². The van der Waals surface area contributed by atoms with Gasteiger partial charge in [0, 0.05) is 0 Å². The van der Waals surface area contributed by atoms with Crippen LogP contribution < -0.4 is 0 Å². The molecular formula is C9H9ClO2. The van der Waals surface area contributed by atoms with Crippen molar-refractivity contribution in [2.75, 3.05) is 0 Å². The van der Waals surface area contributed by atoms with Crippen LogP contribution in [0.25, 0.3) is 0 Å². The highest BCUT2D eigenvalue weighted by Gasteiger charge is 1.75. The highest BCUT2D eigenvalue weighted by atomic mass is 35.5. The van der Waals surface area contributed by atoms with Crippen molar-refractivity contribution in [3.05, 3.63) is 43.0 Å². The summed E-state index contributed by atoms with van der Waals surface area (Å²) in [6, 6.07) is 8.71. The molecule has 0 aromatic heterocycles. The molecule has 0 radical (unpaired) electrons. The fourth-order valence-corrected chi connectivity index (χ4v) is 0.428. The second-order valence-corrected chi connectivity index (χ2v) is 2.22. The van der Waals surface area contributed by atoms with Crippen LogP contribution in [0.15, 0.2) is 43.0 Å². The maximum Gasteiger partial charge on any atom is 0.244 e. The summed E-state index contributed by atoms with van der Waals surface area (Å²) in [6.07, 6.45) is 1.04. The van der Waals surface area contributed by atoms with Gasteiger partial charge in [0.2, 0.25) is 5.24 Å². The molecule has 0 spiro atoms. The van der Waals surface area contributed by atoms with Crippen LogP contribution in [-0.2, 0) is 4.79 Å². The molecule has 1 rings (SSSR count). The Hall–Kier alpha value is -1.28. The Morgan fingerprint density at radius 2 is 1.83 bits per heavy atom. The van der Waals surface area contributed by atoms with Gasteiger partial charge in [0.05, 0.1) is 0 Å². The van der Waals surface area contributed by atoms with E-state index < -0.39 is 5.24 Å². The van der Waals surface area contributed by atoms with Gasteiger partial charge in [-0.25, -0.2) is 0 Å². The molecule has 0 atom stereocenters. The Bertz CT molecular complexity index is 244. The van der Waals surface area contributed by atoms with E-state index in [1.165, 1.54) is 0 Å². The van der Waals surface area contributed by atoms with Gasteiger partial charge in [0.15, 0.2) is 0 Å². The number of carbonyl (C=O) groups excluding carboxylic acids is 1. The van der Waals surface area contributed by atoms with Crippen LogP contribution in [0.1, 0.15) is 0 Å². The number of phenolic OH excluding ortho intramolecular Hbond substituents is 1. The monoisotopic (exact) mass is 184 g/mol. The van der Waals surface area contributed by atoms with Gasteiger partial charge in [-0.2, -0.15) is 0 Å². The fourth-order valence-electron chi connectivity index (χ4n) is 0.428. The van der Waals surface area contributed by atoms with Gasteiger partial charge in [-0.05, 0) is 29.8 Å². The van der Waals surface area contributed by atoms with Crippen molar-refractivity contribution < 1.29 is 9.90 Å². The zero-order valence-electron chi connectivity index (χ0n) is 6.40. The van der Waals surface area contributed by atoms with Crippen molar-refractivity contribution in [2.24, 2.45) is 0 Å². The van der Waals surface area contributed by atoms with E-state index in [1.807, 2.05) is 6.07 Å². The van der Waals surface area contributed by atoms with Crippen LogP contribution in [0.5, 0.6) is 5.75 Å². The third kappa shape index (κ3) is 6.83. The Balaban J connectivity index is 0.000000217. The lowest BCUT2D eigenvalue weighted by Gasteiger charge is -1.82. The standard InChI is InChI=1S/C6H6O.C3H3ClO/c7-6-4-2-1-3-5-6;1-2-3(4)5/h1-5,7H;2H,1H2. The molecule has 1 N–H and O–H groups in total. The number of allylic oxidation sites excluding steroid dienone is 1. The molecule has 12 heavy (non-hydrogen) atoms. The van der Waals surface area contributed by atoms with Crippen molar-refractivity contribution in [3.8, 4) is 5.75 Å². The van der Waals surface area contributed by atoms with E-state index in [1.54, 1.807) is 24.3 Å². The van der Waals surface area contributed by atoms with E-state index >= 15 is 0 Å². The lowest BCUT2D eigenvalue weighted by Crippen LogP contribution is -1.67. The predicted octanol–water partition coefficient (Wildman–Crippen LogP) is 2.33. The van der Waals surface area contributed by atoms with Crippen LogP contribution >= 0.6 is 11.6 Å². The molecule has 0 saturated carbocycles. The SMILES string of the molecule is C=CC(=O)Cl.Oc1ccccc1. The van der Waals surface area contributed by atoms with Crippen LogP contribution in [0, 0.1) is 0 Å². The van der Waals surface area contributed by atoms with Crippen molar-refractivity contribution in [2.45, 2.75) is 0 Å². The highest BCUT2D eigenvalue weighted by Crippen LogP contribution is 2.02. The van der Waals surface area contributed by atoms with Crippen molar-refractivity contribution >= 4 is 16.8 Å². The average molecular weight is 185 g/mol. The number of aromatic hydroxyl groups is 1. The lowest BCUT2D eigenvalue weighted by atomic mass is 10.3. The van der Waals surface area contributed by atoms with Gasteiger partial charge in [0.25, 0.3) is 0 Å². The summed E-state index contributed by atoms with van der Waals surface area (Å²) in [5.41, 5.74) is 0.